The molecule has 1 saturated carbocycles. The van der Waals surface area contributed by atoms with Gasteiger partial charge in [-0.2, -0.15) is 0 Å². The van der Waals surface area contributed by atoms with Crippen LogP contribution in [0.4, 0.5) is 0 Å². The van der Waals surface area contributed by atoms with Crippen LogP contribution in [0.2, 0.25) is 0 Å². The number of nitrogens with zero attached hydrogens (tertiary/aromatic N) is 2. The summed E-state index contributed by atoms with van der Waals surface area (Å²) in [5, 5.41) is 13.6. The first-order valence-corrected chi connectivity index (χ1v) is 8.22. The van der Waals surface area contributed by atoms with Gasteiger partial charge in [-0.05, 0) is 25.0 Å². The van der Waals surface area contributed by atoms with Gasteiger partial charge in [0, 0.05) is 36.7 Å². The Labute approximate surface area is 140 Å². The highest BCUT2D eigenvalue weighted by Gasteiger charge is 2.42. The topological polar surface area (TPSA) is 75.8 Å². The lowest BCUT2D eigenvalue weighted by Gasteiger charge is -2.18. The molecule has 0 unspecified atom stereocenters. The Morgan fingerprint density at radius 2 is 2.25 bits per heavy atom. The lowest BCUT2D eigenvalue weighted by Crippen LogP contribution is -2.26. The summed E-state index contributed by atoms with van der Waals surface area (Å²) >= 11 is 0. The molecule has 0 atom stereocenters. The minimum Gasteiger partial charge on any atom is -0.492 e. The number of hydrogen-bond acceptors (Lipinski definition) is 5. The molecule has 1 aliphatic carbocycles. The van der Waals surface area contributed by atoms with Gasteiger partial charge in [0.05, 0.1) is 11.3 Å². The summed E-state index contributed by atoms with van der Waals surface area (Å²) in [5.74, 6) is 0.682. The second kappa shape index (κ2) is 5.63. The highest BCUT2D eigenvalue weighted by molar-refractivity contribution is 5.90. The largest absolute Gasteiger partial charge is 0.492 e. The quantitative estimate of drug-likeness (QED) is 0.930. The van der Waals surface area contributed by atoms with Crippen LogP contribution < -0.4 is 4.74 Å². The third kappa shape index (κ3) is 2.78. The predicted molar refractivity (Wildman–Crippen MR) is 86.1 cm³/mol. The van der Waals surface area contributed by atoms with E-state index in [1.54, 1.807) is 12.1 Å². The Hall–Kier alpha value is -2.34. The van der Waals surface area contributed by atoms with E-state index in [-0.39, 0.29) is 5.41 Å². The lowest BCUT2D eigenvalue weighted by atomic mass is 10.1. The van der Waals surface area contributed by atoms with Crippen LogP contribution in [-0.4, -0.2) is 34.3 Å². The highest BCUT2D eigenvalue weighted by atomic mass is 16.5. The van der Waals surface area contributed by atoms with Crippen molar-refractivity contribution in [3.63, 3.8) is 0 Å². The van der Waals surface area contributed by atoms with Gasteiger partial charge in [-0.3, -0.25) is 4.90 Å². The summed E-state index contributed by atoms with van der Waals surface area (Å²) in [5.41, 5.74) is 2.07. The highest BCUT2D eigenvalue weighted by Crippen LogP contribution is 2.47. The molecule has 6 nitrogen and oxygen atoms in total. The number of hydrogen-bond donors (Lipinski definition) is 1. The van der Waals surface area contributed by atoms with Crippen molar-refractivity contribution < 1.29 is 19.2 Å². The van der Waals surface area contributed by atoms with Crippen LogP contribution in [0.3, 0.4) is 0 Å². The average molecular weight is 328 g/mol. The Balaban J connectivity index is 1.55. The number of ether oxygens (including phenoxy) is 1. The summed E-state index contributed by atoms with van der Waals surface area (Å²) in [6, 6.07) is 7.20. The van der Waals surface area contributed by atoms with Crippen molar-refractivity contribution in [3.05, 3.63) is 46.8 Å². The smallest absolute Gasteiger partial charge is 0.336 e. The van der Waals surface area contributed by atoms with Crippen LogP contribution in [0.5, 0.6) is 5.75 Å². The molecule has 0 saturated heterocycles. The van der Waals surface area contributed by atoms with Gasteiger partial charge >= 0.3 is 5.97 Å². The van der Waals surface area contributed by atoms with E-state index in [1.165, 1.54) is 0 Å². The first-order chi connectivity index (χ1) is 11.5. The third-order valence-electron chi connectivity index (χ3n) is 4.95. The van der Waals surface area contributed by atoms with Gasteiger partial charge in [0.2, 0.25) is 0 Å². The molecular weight excluding hydrogens is 308 g/mol. The van der Waals surface area contributed by atoms with Gasteiger partial charge in [0.15, 0.2) is 0 Å². The zero-order valence-corrected chi connectivity index (χ0v) is 13.6. The zero-order chi connectivity index (χ0) is 16.7. The van der Waals surface area contributed by atoms with Crippen molar-refractivity contribution in [2.45, 2.75) is 38.3 Å². The van der Waals surface area contributed by atoms with Crippen molar-refractivity contribution in [2.24, 2.45) is 0 Å². The summed E-state index contributed by atoms with van der Waals surface area (Å²) in [4.78, 5) is 13.6. The molecule has 2 heterocycles. The molecule has 126 valence electrons. The van der Waals surface area contributed by atoms with E-state index >= 15 is 0 Å². The van der Waals surface area contributed by atoms with Gasteiger partial charge < -0.3 is 14.4 Å². The summed E-state index contributed by atoms with van der Waals surface area (Å²) in [6.45, 7) is 4.58. The summed E-state index contributed by atoms with van der Waals surface area (Å²) in [6.07, 6.45) is 2.29. The van der Waals surface area contributed by atoms with E-state index < -0.39 is 5.97 Å². The van der Waals surface area contributed by atoms with E-state index in [4.69, 9.17) is 9.26 Å². The number of carbonyl (C=O) groups is 1. The standard InChI is InChI=1S/C18H20N2O4/c1-18(5-6-18)16-9-12(19-24-16)10-20-7-8-23-15-4-2-3-13(17(21)22)14(15)11-20/h2-4,9H,5-8,10-11H2,1H3,(H,21,22). The molecule has 4 rings (SSSR count). The van der Waals surface area contributed by atoms with Crippen LogP contribution in [0, 0.1) is 0 Å². The second-order valence-electron chi connectivity index (χ2n) is 6.89. The molecule has 24 heavy (non-hydrogen) atoms. The van der Waals surface area contributed by atoms with Crippen molar-refractivity contribution in [1.82, 2.24) is 10.1 Å². The van der Waals surface area contributed by atoms with Crippen LogP contribution in [0.1, 0.15) is 47.1 Å². The zero-order valence-electron chi connectivity index (χ0n) is 13.6. The minimum absolute atomic E-state index is 0.163. The maximum absolute atomic E-state index is 11.5. The molecule has 1 N–H and O–H groups in total. The van der Waals surface area contributed by atoms with Crippen LogP contribution in [0.15, 0.2) is 28.8 Å². The molecule has 0 bridgehead atoms. The maximum Gasteiger partial charge on any atom is 0.336 e. The van der Waals surface area contributed by atoms with Crippen molar-refractivity contribution in [1.29, 1.82) is 0 Å². The number of carboxylic acids is 1. The number of fused-ring (bicyclic) bond motifs is 1. The van der Waals surface area contributed by atoms with Gasteiger partial charge in [0.25, 0.3) is 0 Å². The molecule has 1 fully saturated rings. The maximum atomic E-state index is 11.5. The van der Waals surface area contributed by atoms with E-state index in [0.29, 0.717) is 37.6 Å². The minimum atomic E-state index is -0.928. The fourth-order valence-electron chi connectivity index (χ4n) is 3.12. The third-order valence-corrected chi connectivity index (χ3v) is 4.95. The van der Waals surface area contributed by atoms with Crippen molar-refractivity contribution >= 4 is 5.97 Å². The molecule has 1 aromatic heterocycles. The molecule has 2 aromatic rings. The number of rotatable bonds is 4. The summed E-state index contributed by atoms with van der Waals surface area (Å²) < 4.78 is 11.2. The Morgan fingerprint density at radius 1 is 1.42 bits per heavy atom. The molecule has 0 amide bonds. The number of aromatic carboxylic acids is 1. The molecule has 1 aromatic carbocycles. The van der Waals surface area contributed by atoms with E-state index in [9.17, 15) is 9.90 Å². The monoisotopic (exact) mass is 328 g/mol. The Bertz CT molecular complexity index is 779. The first kappa shape index (κ1) is 15.2. The Kier molecular flexibility index (Phi) is 3.57. The number of aromatic nitrogens is 1. The SMILES string of the molecule is CC1(c2cc(CN3CCOc4cccc(C(=O)O)c4C3)no2)CC1. The summed E-state index contributed by atoms with van der Waals surface area (Å²) in [7, 11) is 0. The number of benzene rings is 1. The fourth-order valence-corrected chi connectivity index (χ4v) is 3.12. The van der Waals surface area contributed by atoms with E-state index in [0.717, 1.165) is 29.9 Å². The van der Waals surface area contributed by atoms with Crippen molar-refractivity contribution in [2.75, 3.05) is 13.2 Å². The molecule has 0 spiro atoms. The molecule has 1 aliphatic heterocycles. The first-order valence-electron chi connectivity index (χ1n) is 8.22. The van der Waals surface area contributed by atoms with Gasteiger partial charge in [-0.25, -0.2) is 4.79 Å². The fraction of sp³-hybridized carbons (Fsp3) is 0.444. The van der Waals surface area contributed by atoms with Crippen LogP contribution >= 0.6 is 0 Å². The van der Waals surface area contributed by atoms with Gasteiger partial charge in [0.1, 0.15) is 18.1 Å². The van der Waals surface area contributed by atoms with Crippen LogP contribution in [0.25, 0.3) is 0 Å². The van der Waals surface area contributed by atoms with Crippen molar-refractivity contribution in [3.8, 4) is 5.75 Å². The Morgan fingerprint density at radius 3 is 3.00 bits per heavy atom. The van der Waals surface area contributed by atoms with Gasteiger partial charge in [-0.1, -0.05) is 18.1 Å². The van der Waals surface area contributed by atoms with Crippen LogP contribution in [-0.2, 0) is 18.5 Å². The van der Waals surface area contributed by atoms with E-state index in [2.05, 4.69) is 17.0 Å². The average Bonchev–Trinajstić information content (AvgIpc) is 3.18. The molecular formula is C18H20N2O4. The predicted octanol–water partition coefficient (Wildman–Crippen LogP) is 2.82. The normalized spacial score (nSPS) is 19.2. The van der Waals surface area contributed by atoms with E-state index in [1.807, 2.05) is 12.1 Å². The molecule has 6 heteroatoms. The van der Waals surface area contributed by atoms with Gasteiger partial charge in [-0.15, -0.1) is 0 Å². The molecule has 2 aliphatic rings. The molecule has 0 radical (unpaired) electrons. The number of carboxylic acid groups (broad SMARTS) is 1. The second-order valence-corrected chi connectivity index (χ2v) is 6.89. The lowest BCUT2D eigenvalue weighted by molar-refractivity contribution is 0.0694.